The molecule has 0 saturated heterocycles. The van der Waals surface area contributed by atoms with Gasteiger partial charge in [-0.25, -0.2) is 9.13 Å². The second-order valence-electron chi connectivity index (χ2n) is 29.5. The number of hydrogen-bond donors (Lipinski definition) is 3. The standard InChI is InChI=1S/C78H152O17P2/c1-8-9-10-11-12-13-14-15-18-22-25-31-38-45-52-59-75(80)88-65-73(94-77(82)61-54-47-39-32-26-23-20-17-16-19-21-24-29-35-42-49-56-69(2)3)67-92-96(84,85)90-63-72(79)64-91-97(86,87)93-68-74(66-89-76(81)60-53-46-41-34-37-44-51-58-71(6)7)95-78(83)62-55-48-40-33-28-27-30-36-43-50-57-70(4)5/h69-74,79H,8-68H2,1-7H3,(H,84,85)(H,86,87)/t72-,73-,74-/m1/s1. The Bertz CT molecular complexity index is 1890. The predicted octanol–water partition coefficient (Wildman–Crippen LogP) is 23.0. The van der Waals surface area contributed by atoms with Crippen LogP contribution in [0.25, 0.3) is 0 Å². The van der Waals surface area contributed by atoms with Gasteiger partial charge in [-0.2, -0.15) is 0 Å². The number of ether oxygens (including phenoxy) is 4. The third-order valence-corrected chi connectivity index (χ3v) is 20.0. The van der Waals surface area contributed by atoms with E-state index in [1.165, 1.54) is 205 Å². The third kappa shape index (κ3) is 72.2. The molecule has 2 unspecified atom stereocenters. The lowest BCUT2D eigenvalue weighted by molar-refractivity contribution is -0.161. The van der Waals surface area contributed by atoms with Gasteiger partial charge < -0.3 is 33.8 Å². The topological polar surface area (TPSA) is 237 Å². The first-order valence-corrected chi connectivity index (χ1v) is 43.3. The molecule has 0 fully saturated rings. The fraction of sp³-hybridized carbons (Fsp3) is 0.949. The molecule has 5 atom stereocenters. The van der Waals surface area contributed by atoms with Crippen molar-refractivity contribution in [2.45, 2.75) is 420 Å². The van der Waals surface area contributed by atoms with Crippen LogP contribution in [0.1, 0.15) is 402 Å². The molecular formula is C78H152O17P2. The Morgan fingerprint density at radius 1 is 0.278 bits per heavy atom. The summed E-state index contributed by atoms with van der Waals surface area (Å²) in [6.45, 7) is 11.9. The fourth-order valence-corrected chi connectivity index (χ4v) is 13.5. The maximum Gasteiger partial charge on any atom is 0.472 e. The van der Waals surface area contributed by atoms with Crippen molar-refractivity contribution in [1.82, 2.24) is 0 Å². The number of phosphoric acid groups is 2. The van der Waals surface area contributed by atoms with Gasteiger partial charge in [0.2, 0.25) is 0 Å². The van der Waals surface area contributed by atoms with Crippen molar-refractivity contribution in [3.05, 3.63) is 0 Å². The molecule has 0 rings (SSSR count). The first-order valence-electron chi connectivity index (χ1n) is 40.3. The minimum atomic E-state index is -4.96. The molecule has 0 saturated carbocycles. The van der Waals surface area contributed by atoms with Gasteiger partial charge in [-0.1, -0.05) is 350 Å². The zero-order chi connectivity index (χ0) is 71.6. The number of carbonyl (C=O) groups excluding carboxylic acids is 4. The van der Waals surface area contributed by atoms with Crippen LogP contribution in [0, 0.1) is 17.8 Å². The van der Waals surface area contributed by atoms with E-state index < -0.39 is 97.5 Å². The highest BCUT2D eigenvalue weighted by Gasteiger charge is 2.30. The zero-order valence-electron chi connectivity index (χ0n) is 63.5. The predicted molar refractivity (Wildman–Crippen MR) is 395 cm³/mol. The zero-order valence-corrected chi connectivity index (χ0v) is 65.3. The first-order chi connectivity index (χ1) is 46.7. The second-order valence-corrected chi connectivity index (χ2v) is 32.4. The normalized spacial score (nSPS) is 14.0. The third-order valence-electron chi connectivity index (χ3n) is 18.1. The van der Waals surface area contributed by atoms with Crippen molar-refractivity contribution in [1.29, 1.82) is 0 Å². The Labute approximate surface area is 594 Å². The van der Waals surface area contributed by atoms with E-state index in [2.05, 4.69) is 48.5 Å². The van der Waals surface area contributed by atoms with Crippen molar-refractivity contribution >= 4 is 39.5 Å². The monoisotopic (exact) mass is 1420 g/mol. The lowest BCUT2D eigenvalue weighted by Gasteiger charge is -2.21. The minimum Gasteiger partial charge on any atom is -0.462 e. The van der Waals surface area contributed by atoms with E-state index in [0.29, 0.717) is 31.6 Å². The van der Waals surface area contributed by atoms with E-state index in [-0.39, 0.29) is 25.7 Å². The number of aliphatic hydroxyl groups is 1. The van der Waals surface area contributed by atoms with Crippen LogP contribution >= 0.6 is 15.6 Å². The van der Waals surface area contributed by atoms with Gasteiger partial charge in [0.15, 0.2) is 12.2 Å². The number of phosphoric ester groups is 2. The SMILES string of the molecule is CCCCCCCCCCCCCCCCCC(=O)OC[C@H](COP(=O)(O)OC[C@@H](O)COP(=O)(O)OC[C@@H](COC(=O)CCCCCCCCCC(C)C)OC(=O)CCCCCCCCCCCCC(C)C)OC(=O)CCCCCCCCCCCCCCCCCCC(C)C. The molecule has 0 aliphatic rings. The number of hydrogen-bond acceptors (Lipinski definition) is 15. The molecule has 0 heterocycles. The van der Waals surface area contributed by atoms with Crippen molar-refractivity contribution in [2.24, 2.45) is 17.8 Å². The molecule has 576 valence electrons. The number of unbranched alkanes of at least 4 members (excludes halogenated alkanes) is 44. The Morgan fingerprint density at radius 3 is 0.701 bits per heavy atom. The van der Waals surface area contributed by atoms with Gasteiger partial charge in [0.1, 0.15) is 19.3 Å². The molecule has 0 spiro atoms. The molecular weight excluding hydrogens is 1270 g/mol. The molecule has 0 amide bonds. The van der Waals surface area contributed by atoms with Gasteiger partial charge in [-0.05, 0) is 43.4 Å². The summed E-state index contributed by atoms with van der Waals surface area (Å²) < 4.78 is 68.6. The van der Waals surface area contributed by atoms with Crippen molar-refractivity contribution in [2.75, 3.05) is 39.6 Å². The molecule has 0 aliphatic heterocycles. The Kier molecular flexibility index (Phi) is 67.1. The molecule has 0 bridgehead atoms. The Balaban J connectivity index is 5.24. The van der Waals surface area contributed by atoms with Gasteiger partial charge >= 0.3 is 39.5 Å². The van der Waals surface area contributed by atoms with Crippen LogP contribution < -0.4 is 0 Å². The molecule has 97 heavy (non-hydrogen) atoms. The quantitative estimate of drug-likeness (QED) is 0.0222. The highest BCUT2D eigenvalue weighted by Crippen LogP contribution is 2.45. The van der Waals surface area contributed by atoms with Crippen LogP contribution in [0.4, 0.5) is 0 Å². The van der Waals surface area contributed by atoms with Crippen LogP contribution in [0.15, 0.2) is 0 Å². The molecule has 17 nitrogen and oxygen atoms in total. The van der Waals surface area contributed by atoms with Gasteiger partial charge in [-0.15, -0.1) is 0 Å². The van der Waals surface area contributed by atoms with Crippen LogP contribution in [0.3, 0.4) is 0 Å². The first kappa shape index (κ1) is 95.1. The molecule has 0 aliphatic carbocycles. The molecule has 3 N–H and O–H groups in total. The summed E-state index contributed by atoms with van der Waals surface area (Å²) in [6, 6.07) is 0. The van der Waals surface area contributed by atoms with Crippen LogP contribution in [0.5, 0.6) is 0 Å². The highest BCUT2D eigenvalue weighted by molar-refractivity contribution is 7.47. The summed E-state index contributed by atoms with van der Waals surface area (Å²) in [5.41, 5.74) is 0. The number of carbonyl (C=O) groups is 4. The van der Waals surface area contributed by atoms with Crippen molar-refractivity contribution < 1.29 is 80.2 Å². The minimum absolute atomic E-state index is 0.105. The fourth-order valence-electron chi connectivity index (χ4n) is 12.0. The summed E-state index contributed by atoms with van der Waals surface area (Å²) >= 11 is 0. The van der Waals surface area contributed by atoms with Crippen molar-refractivity contribution in [3.63, 3.8) is 0 Å². The smallest absolute Gasteiger partial charge is 0.462 e. The lowest BCUT2D eigenvalue weighted by atomic mass is 10.0. The van der Waals surface area contributed by atoms with E-state index in [1.54, 1.807) is 0 Å². The average molecular weight is 1420 g/mol. The Hall–Kier alpha value is -1.94. The van der Waals surface area contributed by atoms with Gasteiger partial charge in [0.25, 0.3) is 0 Å². The summed E-state index contributed by atoms with van der Waals surface area (Å²) in [5, 5.41) is 10.6. The highest BCUT2D eigenvalue weighted by atomic mass is 31.2. The van der Waals surface area contributed by atoms with Gasteiger partial charge in [0, 0.05) is 25.7 Å². The van der Waals surface area contributed by atoms with E-state index in [0.717, 1.165) is 108 Å². The van der Waals surface area contributed by atoms with E-state index >= 15 is 0 Å². The molecule has 19 heteroatoms. The average Bonchev–Trinajstić information content (AvgIpc) is 1.24. The molecule has 0 aromatic heterocycles. The van der Waals surface area contributed by atoms with Gasteiger partial charge in [0.05, 0.1) is 26.4 Å². The van der Waals surface area contributed by atoms with Crippen LogP contribution in [0.2, 0.25) is 0 Å². The number of aliphatic hydroxyl groups excluding tert-OH is 1. The van der Waals surface area contributed by atoms with Crippen molar-refractivity contribution in [3.8, 4) is 0 Å². The summed E-state index contributed by atoms with van der Waals surface area (Å²) in [5.74, 6) is 0.151. The maximum absolute atomic E-state index is 13.1. The Morgan fingerprint density at radius 2 is 0.474 bits per heavy atom. The second kappa shape index (κ2) is 68.5. The van der Waals surface area contributed by atoms with Crippen LogP contribution in [-0.2, 0) is 65.4 Å². The largest absolute Gasteiger partial charge is 0.472 e. The molecule has 0 radical (unpaired) electrons. The maximum atomic E-state index is 13.1. The molecule has 0 aromatic rings. The van der Waals surface area contributed by atoms with Gasteiger partial charge in [-0.3, -0.25) is 37.3 Å². The van der Waals surface area contributed by atoms with E-state index in [1.807, 2.05) is 0 Å². The summed E-state index contributed by atoms with van der Waals surface area (Å²) in [7, 11) is -9.92. The molecule has 0 aromatic carbocycles. The lowest BCUT2D eigenvalue weighted by Crippen LogP contribution is -2.30. The van der Waals surface area contributed by atoms with E-state index in [4.69, 9.17) is 37.0 Å². The number of rotatable bonds is 76. The summed E-state index contributed by atoms with van der Waals surface area (Å²) in [6.07, 6.45) is 55.6. The number of esters is 4. The van der Waals surface area contributed by atoms with Crippen LogP contribution in [-0.4, -0.2) is 96.7 Å². The summed E-state index contributed by atoms with van der Waals surface area (Å²) in [4.78, 5) is 72.9. The van der Waals surface area contributed by atoms with E-state index in [9.17, 15) is 43.2 Å².